The summed E-state index contributed by atoms with van der Waals surface area (Å²) < 4.78 is 6.28. The number of anilines is 12. The van der Waals surface area contributed by atoms with Crippen molar-refractivity contribution in [3.8, 4) is 39.1 Å². The molecule has 0 aliphatic carbocycles. The van der Waals surface area contributed by atoms with Crippen LogP contribution in [-0.4, -0.2) is 12.2 Å². The lowest BCUT2D eigenvalue weighted by atomic mass is 9.89. The van der Waals surface area contributed by atoms with Gasteiger partial charge < -0.3 is 29.4 Å². The Morgan fingerprint density at radius 1 is 0.240 bits per heavy atom. The molecule has 0 aromatic heterocycles. The molecule has 0 unspecified atom stereocenters. The van der Waals surface area contributed by atoms with E-state index in [9.17, 15) is 5.11 Å². The number of para-hydroxylation sites is 4. The van der Waals surface area contributed by atoms with E-state index in [1.807, 2.05) is 0 Å². The standard InChI is InChI=1S/C90H66N4O2/c1-96-88-59-46-70-61-81(92(73-26-8-3-9-27-73)77-49-40-64(41-50-77)66-44-53-79(54-45-66)94(75-30-12-5-13-31-75)87-35-19-23-68-21-15-17-33-83(68)87)56-58-85(70)90(88)89-71(62-95)37-36-69-60-80(55-57-84(69)89)91(72-24-6-2-7-25-72)76-47-38-63(39-48-76)65-42-51-78(52-43-65)93(74-28-10-4-11-29-74)86-34-18-22-67-20-14-16-32-82(67)86/h2-61,95H,62H2,1H3. The van der Waals surface area contributed by atoms with Crippen LogP contribution < -0.4 is 24.3 Å². The van der Waals surface area contributed by atoms with E-state index in [1.54, 1.807) is 7.11 Å². The highest BCUT2D eigenvalue weighted by atomic mass is 16.5. The fraction of sp³-hybridized carbons (Fsp3) is 0.0222. The predicted molar refractivity (Wildman–Crippen MR) is 404 cm³/mol. The molecule has 0 saturated heterocycles. The Morgan fingerprint density at radius 2 is 0.552 bits per heavy atom. The van der Waals surface area contributed by atoms with Crippen molar-refractivity contribution in [2.24, 2.45) is 0 Å². The Kier molecular flexibility index (Phi) is 15.8. The van der Waals surface area contributed by atoms with Crippen LogP contribution in [0.15, 0.2) is 364 Å². The van der Waals surface area contributed by atoms with Crippen LogP contribution >= 0.6 is 0 Å². The lowest BCUT2D eigenvalue weighted by Gasteiger charge is -2.27. The first-order chi connectivity index (χ1) is 47.5. The molecule has 458 valence electrons. The van der Waals surface area contributed by atoms with Crippen LogP contribution in [0.3, 0.4) is 0 Å². The Bertz CT molecular complexity index is 5070. The first kappa shape index (κ1) is 58.6. The van der Waals surface area contributed by atoms with E-state index in [0.717, 1.165) is 134 Å². The number of hydrogen-bond donors (Lipinski definition) is 1. The van der Waals surface area contributed by atoms with Gasteiger partial charge in [0.05, 0.1) is 25.1 Å². The van der Waals surface area contributed by atoms with Crippen molar-refractivity contribution in [1.29, 1.82) is 0 Å². The average Bonchev–Trinajstić information content (AvgIpc) is 0.757. The molecule has 0 aliphatic rings. The number of benzene rings is 16. The van der Waals surface area contributed by atoms with Crippen molar-refractivity contribution in [3.05, 3.63) is 370 Å². The molecule has 96 heavy (non-hydrogen) atoms. The van der Waals surface area contributed by atoms with Crippen LogP contribution in [0.5, 0.6) is 5.75 Å². The number of fused-ring (bicyclic) bond motifs is 4. The summed E-state index contributed by atoms with van der Waals surface area (Å²) in [6.07, 6.45) is 0. The lowest BCUT2D eigenvalue weighted by Crippen LogP contribution is -2.10. The molecule has 0 amide bonds. The maximum atomic E-state index is 11.2. The van der Waals surface area contributed by atoms with Crippen molar-refractivity contribution in [2.45, 2.75) is 6.61 Å². The second-order valence-corrected chi connectivity index (χ2v) is 24.1. The quantitative estimate of drug-likeness (QED) is 0.0980. The largest absolute Gasteiger partial charge is 0.496 e. The van der Waals surface area contributed by atoms with Crippen LogP contribution in [0.2, 0.25) is 0 Å². The normalized spacial score (nSPS) is 11.3. The van der Waals surface area contributed by atoms with Gasteiger partial charge in [-0.05, 0) is 205 Å². The topological polar surface area (TPSA) is 42.4 Å². The fourth-order valence-corrected chi connectivity index (χ4v) is 13.9. The van der Waals surface area contributed by atoms with Crippen molar-refractivity contribution in [3.63, 3.8) is 0 Å². The van der Waals surface area contributed by atoms with Gasteiger partial charge in [0.1, 0.15) is 5.75 Å². The molecule has 1 N–H and O–H groups in total. The molecule has 16 aromatic rings. The summed E-state index contributed by atoms with van der Waals surface area (Å²) in [5.74, 6) is 0.727. The molecule has 16 rings (SSSR count). The van der Waals surface area contributed by atoms with Gasteiger partial charge in [-0.15, -0.1) is 0 Å². The van der Waals surface area contributed by atoms with E-state index in [2.05, 4.69) is 384 Å². The molecule has 6 heteroatoms. The molecular formula is C90H66N4O2. The summed E-state index contributed by atoms with van der Waals surface area (Å²) in [7, 11) is 1.73. The van der Waals surface area contributed by atoms with Crippen LogP contribution in [0, 0.1) is 0 Å². The third-order valence-corrected chi connectivity index (χ3v) is 18.5. The van der Waals surface area contributed by atoms with Crippen molar-refractivity contribution in [2.75, 3.05) is 26.7 Å². The van der Waals surface area contributed by atoms with E-state index in [4.69, 9.17) is 4.74 Å². The van der Waals surface area contributed by atoms with Gasteiger partial charge in [-0.1, -0.05) is 224 Å². The zero-order valence-corrected chi connectivity index (χ0v) is 53.0. The molecule has 0 heterocycles. The third kappa shape index (κ3) is 11.2. The molecule has 0 spiro atoms. The van der Waals surface area contributed by atoms with Crippen molar-refractivity contribution >= 4 is 111 Å². The van der Waals surface area contributed by atoms with E-state index in [1.165, 1.54) is 21.5 Å². The van der Waals surface area contributed by atoms with Gasteiger partial charge in [-0.25, -0.2) is 0 Å². The number of rotatable bonds is 17. The lowest BCUT2D eigenvalue weighted by molar-refractivity contribution is 0.282. The Hall–Kier alpha value is -12.5. The maximum absolute atomic E-state index is 11.2. The molecular weight excluding hydrogens is 1170 g/mol. The minimum Gasteiger partial charge on any atom is -0.496 e. The monoisotopic (exact) mass is 1230 g/mol. The van der Waals surface area contributed by atoms with Gasteiger partial charge >= 0.3 is 0 Å². The number of aliphatic hydroxyl groups excluding tert-OH is 1. The van der Waals surface area contributed by atoms with E-state index in [0.29, 0.717) is 0 Å². The van der Waals surface area contributed by atoms with Crippen molar-refractivity contribution < 1.29 is 9.84 Å². The predicted octanol–water partition coefficient (Wildman–Crippen LogP) is 24.7. The summed E-state index contributed by atoms with van der Waals surface area (Å²) in [6, 6.07) is 130. The second-order valence-electron chi connectivity index (χ2n) is 24.1. The highest BCUT2D eigenvalue weighted by Gasteiger charge is 2.23. The highest BCUT2D eigenvalue weighted by molar-refractivity contribution is 6.11. The van der Waals surface area contributed by atoms with Gasteiger partial charge in [0.15, 0.2) is 0 Å². The molecule has 6 nitrogen and oxygen atoms in total. The Morgan fingerprint density at radius 3 is 0.938 bits per heavy atom. The summed E-state index contributed by atoms with van der Waals surface area (Å²) in [6.45, 7) is -0.148. The number of ether oxygens (including phenoxy) is 1. The molecule has 0 saturated carbocycles. The Labute approximate surface area is 559 Å². The molecule has 0 atom stereocenters. The summed E-state index contributed by atoms with van der Waals surface area (Å²) >= 11 is 0. The summed E-state index contributed by atoms with van der Waals surface area (Å²) in [5, 5.41) is 20.1. The van der Waals surface area contributed by atoms with Crippen LogP contribution in [-0.2, 0) is 6.61 Å². The van der Waals surface area contributed by atoms with Gasteiger partial charge in [0.2, 0.25) is 0 Å². The molecule has 0 aliphatic heterocycles. The first-order valence-corrected chi connectivity index (χ1v) is 32.6. The number of methoxy groups -OCH3 is 1. The minimum atomic E-state index is -0.148. The van der Waals surface area contributed by atoms with Gasteiger partial charge in [-0.2, -0.15) is 0 Å². The van der Waals surface area contributed by atoms with Gasteiger partial charge in [0, 0.05) is 73.2 Å². The average molecular weight is 1240 g/mol. The minimum absolute atomic E-state index is 0.148. The SMILES string of the molecule is COc1ccc2cc(N(c3ccccc3)c3ccc(-c4ccc(N(c5ccccc5)c5cccc6ccccc56)cc4)cc3)ccc2c1-c1c(CO)ccc2cc(N(c3ccccc3)c3ccc(-c4ccc(N(c5ccccc5)c5cccc6ccccc56)cc4)cc3)ccc12. The number of aliphatic hydroxyl groups is 1. The van der Waals surface area contributed by atoms with Crippen LogP contribution in [0.4, 0.5) is 68.2 Å². The maximum Gasteiger partial charge on any atom is 0.127 e. The smallest absolute Gasteiger partial charge is 0.127 e. The fourth-order valence-electron chi connectivity index (χ4n) is 13.9. The third-order valence-electron chi connectivity index (χ3n) is 18.5. The molecule has 0 bridgehead atoms. The van der Waals surface area contributed by atoms with Crippen LogP contribution in [0.25, 0.3) is 76.5 Å². The summed E-state index contributed by atoms with van der Waals surface area (Å²) in [5.41, 5.74) is 20.0. The molecule has 16 aromatic carbocycles. The van der Waals surface area contributed by atoms with Gasteiger partial charge in [0.25, 0.3) is 0 Å². The zero-order valence-electron chi connectivity index (χ0n) is 53.0. The van der Waals surface area contributed by atoms with Gasteiger partial charge in [-0.3, -0.25) is 0 Å². The number of hydrogen-bond acceptors (Lipinski definition) is 6. The number of nitrogens with zero attached hydrogens (tertiary/aromatic N) is 4. The van der Waals surface area contributed by atoms with E-state index in [-0.39, 0.29) is 6.61 Å². The van der Waals surface area contributed by atoms with E-state index >= 15 is 0 Å². The highest BCUT2D eigenvalue weighted by Crippen LogP contribution is 2.48. The second kappa shape index (κ2) is 25.9. The summed E-state index contributed by atoms with van der Waals surface area (Å²) in [4.78, 5) is 9.31. The molecule has 0 fully saturated rings. The zero-order chi connectivity index (χ0) is 64.3. The van der Waals surface area contributed by atoms with E-state index < -0.39 is 0 Å². The first-order valence-electron chi connectivity index (χ1n) is 32.6. The Balaban J connectivity index is 0.710. The van der Waals surface area contributed by atoms with Crippen molar-refractivity contribution in [1.82, 2.24) is 0 Å². The molecule has 0 radical (unpaired) electrons. The van der Waals surface area contributed by atoms with Crippen LogP contribution in [0.1, 0.15) is 5.56 Å².